The summed E-state index contributed by atoms with van der Waals surface area (Å²) in [7, 11) is 0. The van der Waals surface area contributed by atoms with Crippen molar-refractivity contribution in [2.24, 2.45) is 0 Å². The number of aromatic nitrogens is 2. The lowest BCUT2D eigenvalue weighted by atomic mass is 10.2. The fourth-order valence-electron chi connectivity index (χ4n) is 1.96. The predicted molar refractivity (Wildman–Crippen MR) is 87.8 cm³/mol. The standard InChI is InChI=1S/C16H21N3OS/c1-3-21-8-7-16(20)17-10-14-11-18-19(12-14)15-6-4-5-13(2)9-15/h4-6,9,11-12H,3,7-8,10H2,1-2H3,(H,17,20). The predicted octanol–water partition coefficient (Wildman–Crippen LogP) is 2.94. The average Bonchev–Trinajstić information content (AvgIpc) is 2.94. The van der Waals surface area contributed by atoms with Gasteiger partial charge in [-0.2, -0.15) is 16.9 Å². The normalized spacial score (nSPS) is 10.6. The summed E-state index contributed by atoms with van der Waals surface area (Å²) < 4.78 is 1.83. The van der Waals surface area contributed by atoms with E-state index in [4.69, 9.17) is 0 Å². The number of rotatable bonds is 7. The van der Waals surface area contributed by atoms with Gasteiger partial charge in [0.1, 0.15) is 0 Å². The van der Waals surface area contributed by atoms with Crippen LogP contribution < -0.4 is 5.32 Å². The third kappa shape index (κ3) is 4.93. The van der Waals surface area contributed by atoms with Crippen LogP contribution in [0.1, 0.15) is 24.5 Å². The molecule has 21 heavy (non-hydrogen) atoms. The second-order valence-electron chi connectivity index (χ2n) is 4.86. The lowest BCUT2D eigenvalue weighted by Gasteiger charge is -2.03. The molecule has 1 heterocycles. The van der Waals surface area contributed by atoms with Crippen LogP contribution in [-0.2, 0) is 11.3 Å². The first-order valence-corrected chi connectivity index (χ1v) is 8.29. The molecular formula is C16H21N3OS. The van der Waals surface area contributed by atoms with E-state index in [-0.39, 0.29) is 5.91 Å². The van der Waals surface area contributed by atoms with Gasteiger partial charge in [-0.3, -0.25) is 4.79 Å². The molecule has 1 aromatic carbocycles. The maximum Gasteiger partial charge on any atom is 0.221 e. The molecule has 4 nitrogen and oxygen atoms in total. The topological polar surface area (TPSA) is 46.9 Å². The van der Waals surface area contributed by atoms with Gasteiger partial charge in [-0.15, -0.1) is 0 Å². The highest BCUT2D eigenvalue weighted by Crippen LogP contribution is 2.10. The maximum absolute atomic E-state index is 11.7. The van der Waals surface area contributed by atoms with Crippen LogP contribution in [0.5, 0.6) is 0 Å². The molecule has 1 aromatic heterocycles. The highest BCUT2D eigenvalue weighted by molar-refractivity contribution is 7.99. The van der Waals surface area contributed by atoms with E-state index in [9.17, 15) is 4.79 Å². The van der Waals surface area contributed by atoms with Gasteiger partial charge in [0, 0.05) is 30.5 Å². The molecule has 5 heteroatoms. The van der Waals surface area contributed by atoms with Crippen molar-refractivity contribution in [3.63, 3.8) is 0 Å². The quantitative estimate of drug-likeness (QED) is 0.800. The summed E-state index contributed by atoms with van der Waals surface area (Å²) in [5.41, 5.74) is 3.24. The van der Waals surface area contributed by atoms with Crippen molar-refractivity contribution in [3.05, 3.63) is 47.8 Å². The third-order valence-electron chi connectivity index (χ3n) is 3.07. The van der Waals surface area contributed by atoms with E-state index in [1.54, 1.807) is 18.0 Å². The number of benzene rings is 1. The van der Waals surface area contributed by atoms with Crippen LogP contribution in [0.3, 0.4) is 0 Å². The SMILES string of the molecule is CCSCCC(=O)NCc1cnn(-c2cccc(C)c2)c1. The first-order chi connectivity index (χ1) is 10.2. The van der Waals surface area contributed by atoms with Gasteiger partial charge in [0.2, 0.25) is 5.91 Å². The van der Waals surface area contributed by atoms with E-state index < -0.39 is 0 Å². The van der Waals surface area contributed by atoms with Crippen LogP contribution >= 0.6 is 11.8 Å². The van der Waals surface area contributed by atoms with Crippen LogP contribution in [-0.4, -0.2) is 27.2 Å². The number of carbonyl (C=O) groups excluding carboxylic acids is 1. The Morgan fingerprint density at radius 1 is 1.43 bits per heavy atom. The van der Waals surface area contributed by atoms with Gasteiger partial charge in [0.15, 0.2) is 0 Å². The molecular weight excluding hydrogens is 282 g/mol. The number of hydrogen-bond donors (Lipinski definition) is 1. The molecule has 112 valence electrons. The molecule has 0 bridgehead atoms. The minimum atomic E-state index is 0.0965. The van der Waals surface area contributed by atoms with Crippen LogP contribution in [0.15, 0.2) is 36.7 Å². The summed E-state index contributed by atoms with van der Waals surface area (Å²) in [5.74, 6) is 2.03. The lowest BCUT2D eigenvalue weighted by Crippen LogP contribution is -2.22. The molecule has 0 atom stereocenters. The molecule has 0 saturated heterocycles. The molecule has 0 radical (unpaired) electrons. The van der Waals surface area contributed by atoms with E-state index in [0.717, 1.165) is 22.8 Å². The summed E-state index contributed by atoms with van der Waals surface area (Å²) in [6, 6.07) is 8.17. The highest BCUT2D eigenvalue weighted by Gasteiger charge is 2.04. The summed E-state index contributed by atoms with van der Waals surface area (Å²) in [6.45, 7) is 4.69. The largest absolute Gasteiger partial charge is 0.352 e. The number of amides is 1. The van der Waals surface area contributed by atoms with Crippen LogP contribution in [0.25, 0.3) is 5.69 Å². The number of carbonyl (C=O) groups is 1. The Morgan fingerprint density at radius 2 is 2.29 bits per heavy atom. The summed E-state index contributed by atoms with van der Waals surface area (Å²) in [4.78, 5) is 11.7. The first-order valence-electron chi connectivity index (χ1n) is 7.14. The minimum Gasteiger partial charge on any atom is -0.352 e. The second kappa shape index (κ2) is 7.88. The van der Waals surface area contributed by atoms with Crippen molar-refractivity contribution >= 4 is 17.7 Å². The van der Waals surface area contributed by atoms with E-state index >= 15 is 0 Å². The Morgan fingerprint density at radius 3 is 3.05 bits per heavy atom. The zero-order chi connectivity index (χ0) is 15.1. The van der Waals surface area contributed by atoms with E-state index in [1.165, 1.54) is 5.56 Å². The van der Waals surface area contributed by atoms with Gasteiger partial charge in [-0.05, 0) is 30.4 Å². The fourth-order valence-corrected chi connectivity index (χ4v) is 2.58. The van der Waals surface area contributed by atoms with Crippen molar-refractivity contribution in [1.82, 2.24) is 15.1 Å². The Labute approximate surface area is 129 Å². The lowest BCUT2D eigenvalue weighted by molar-refractivity contribution is -0.120. The monoisotopic (exact) mass is 303 g/mol. The molecule has 0 aliphatic carbocycles. The molecule has 1 amide bonds. The Bertz CT molecular complexity index is 595. The van der Waals surface area contributed by atoms with E-state index in [1.807, 2.05) is 23.0 Å². The molecule has 1 N–H and O–H groups in total. The van der Waals surface area contributed by atoms with Crippen LogP contribution in [0, 0.1) is 6.92 Å². The minimum absolute atomic E-state index is 0.0965. The molecule has 0 unspecified atom stereocenters. The maximum atomic E-state index is 11.7. The Balaban J connectivity index is 1.87. The summed E-state index contributed by atoms with van der Waals surface area (Å²) in [5, 5.41) is 7.27. The van der Waals surface area contributed by atoms with Gasteiger partial charge in [-0.25, -0.2) is 4.68 Å². The number of thioether (sulfide) groups is 1. The van der Waals surface area contributed by atoms with Gasteiger partial charge >= 0.3 is 0 Å². The summed E-state index contributed by atoms with van der Waals surface area (Å²) in [6.07, 6.45) is 4.32. The van der Waals surface area contributed by atoms with E-state index in [2.05, 4.69) is 36.4 Å². The van der Waals surface area contributed by atoms with Gasteiger partial charge < -0.3 is 5.32 Å². The van der Waals surface area contributed by atoms with Crippen LogP contribution in [0.4, 0.5) is 0 Å². The molecule has 0 aliphatic heterocycles. The molecule has 0 spiro atoms. The van der Waals surface area contributed by atoms with Gasteiger partial charge in [0.05, 0.1) is 11.9 Å². The Kier molecular flexibility index (Phi) is 5.87. The zero-order valence-electron chi connectivity index (χ0n) is 12.5. The number of nitrogens with zero attached hydrogens (tertiary/aromatic N) is 2. The second-order valence-corrected chi connectivity index (χ2v) is 6.25. The highest BCUT2D eigenvalue weighted by atomic mass is 32.2. The van der Waals surface area contributed by atoms with Gasteiger partial charge in [-0.1, -0.05) is 19.1 Å². The van der Waals surface area contributed by atoms with Crippen LogP contribution in [0.2, 0.25) is 0 Å². The molecule has 0 fully saturated rings. The number of nitrogens with one attached hydrogen (secondary N) is 1. The number of hydrogen-bond acceptors (Lipinski definition) is 3. The molecule has 0 saturated carbocycles. The van der Waals surface area contributed by atoms with Crippen molar-refractivity contribution in [2.45, 2.75) is 26.8 Å². The molecule has 0 aliphatic rings. The average molecular weight is 303 g/mol. The summed E-state index contributed by atoms with van der Waals surface area (Å²) >= 11 is 1.78. The fraction of sp³-hybridized carbons (Fsp3) is 0.375. The molecule has 2 aromatic rings. The third-order valence-corrected chi connectivity index (χ3v) is 3.97. The first kappa shape index (κ1) is 15.6. The van der Waals surface area contributed by atoms with Crippen molar-refractivity contribution < 1.29 is 4.79 Å². The zero-order valence-corrected chi connectivity index (χ0v) is 13.3. The van der Waals surface area contributed by atoms with E-state index in [0.29, 0.717) is 13.0 Å². The van der Waals surface area contributed by atoms with Crippen molar-refractivity contribution in [2.75, 3.05) is 11.5 Å². The smallest absolute Gasteiger partial charge is 0.221 e. The molecule has 2 rings (SSSR count). The van der Waals surface area contributed by atoms with Crippen molar-refractivity contribution in [3.8, 4) is 5.69 Å². The van der Waals surface area contributed by atoms with Gasteiger partial charge in [0.25, 0.3) is 0 Å². The number of aryl methyl sites for hydroxylation is 1. The Hall–Kier alpha value is -1.75. The van der Waals surface area contributed by atoms with Crippen molar-refractivity contribution in [1.29, 1.82) is 0 Å².